The molecule has 24 heavy (non-hydrogen) atoms. The van der Waals surface area contributed by atoms with Crippen LogP contribution in [0.3, 0.4) is 0 Å². The number of hydrogen-bond donors (Lipinski definition) is 0. The number of benzene rings is 1. The van der Waals surface area contributed by atoms with Gasteiger partial charge in [0.15, 0.2) is 11.6 Å². The van der Waals surface area contributed by atoms with Gasteiger partial charge in [0.25, 0.3) is 0 Å². The second-order valence-corrected chi connectivity index (χ2v) is 7.64. The van der Waals surface area contributed by atoms with E-state index in [9.17, 15) is 19.2 Å². The van der Waals surface area contributed by atoms with E-state index in [1.807, 2.05) is 0 Å². The van der Waals surface area contributed by atoms with Gasteiger partial charge in [0.1, 0.15) is 12.6 Å². The Hall–Kier alpha value is -2.10. The summed E-state index contributed by atoms with van der Waals surface area (Å²) >= 11 is 0. The standard InChI is InChI=1S/C20H26O4/c1-19(2,13-21)11-9-17(23)15-5-7-16(8-6-15)18(24)10-12-20(3,4)14-22/h5-8,13-14H,9-12H2,1-4H3. The van der Waals surface area contributed by atoms with Crippen LogP contribution in [0.5, 0.6) is 0 Å². The molecule has 0 aliphatic rings. The highest BCUT2D eigenvalue weighted by molar-refractivity contribution is 5.99. The smallest absolute Gasteiger partial charge is 0.162 e. The van der Waals surface area contributed by atoms with Crippen LogP contribution in [-0.2, 0) is 9.59 Å². The molecule has 0 amide bonds. The zero-order chi connectivity index (χ0) is 18.4. The van der Waals surface area contributed by atoms with Crippen molar-refractivity contribution in [3.8, 4) is 0 Å². The fourth-order valence-corrected chi connectivity index (χ4v) is 2.12. The molecule has 0 aliphatic carbocycles. The first kappa shape index (κ1) is 19.9. The van der Waals surface area contributed by atoms with Crippen molar-refractivity contribution in [3.05, 3.63) is 35.4 Å². The molecule has 0 spiro atoms. The lowest BCUT2D eigenvalue weighted by Gasteiger charge is -2.16. The van der Waals surface area contributed by atoms with E-state index in [-0.39, 0.29) is 11.6 Å². The summed E-state index contributed by atoms with van der Waals surface area (Å²) in [5.74, 6) is -0.0722. The van der Waals surface area contributed by atoms with Gasteiger partial charge in [-0.2, -0.15) is 0 Å². The van der Waals surface area contributed by atoms with Gasteiger partial charge in [0.05, 0.1) is 0 Å². The maximum atomic E-state index is 12.1. The zero-order valence-corrected chi connectivity index (χ0v) is 14.9. The Bertz CT molecular complexity index is 554. The Morgan fingerprint density at radius 2 is 1.04 bits per heavy atom. The molecule has 4 nitrogen and oxygen atoms in total. The van der Waals surface area contributed by atoms with Crippen LogP contribution in [0, 0.1) is 10.8 Å². The highest BCUT2D eigenvalue weighted by atomic mass is 16.1. The van der Waals surface area contributed by atoms with Crippen LogP contribution < -0.4 is 0 Å². The highest BCUT2D eigenvalue weighted by Gasteiger charge is 2.20. The third-order valence-corrected chi connectivity index (χ3v) is 4.16. The van der Waals surface area contributed by atoms with Crippen molar-refractivity contribution in [2.24, 2.45) is 10.8 Å². The van der Waals surface area contributed by atoms with Gasteiger partial charge in [-0.05, 0) is 12.8 Å². The molecule has 0 bridgehead atoms. The van der Waals surface area contributed by atoms with Gasteiger partial charge >= 0.3 is 0 Å². The summed E-state index contributed by atoms with van der Waals surface area (Å²) in [5.41, 5.74) is 0.0800. The van der Waals surface area contributed by atoms with Crippen molar-refractivity contribution in [3.63, 3.8) is 0 Å². The number of carbonyl (C=O) groups excluding carboxylic acids is 4. The number of aldehydes is 2. The van der Waals surface area contributed by atoms with Gasteiger partial charge in [-0.3, -0.25) is 9.59 Å². The van der Waals surface area contributed by atoms with Crippen molar-refractivity contribution in [1.29, 1.82) is 0 Å². The predicted molar refractivity (Wildman–Crippen MR) is 93.3 cm³/mol. The lowest BCUT2D eigenvalue weighted by Crippen LogP contribution is -2.15. The van der Waals surface area contributed by atoms with E-state index in [4.69, 9.17) is 0 Å². The number of carbonyl (C=O) groups is 4. The summed E-state index contributed by atoms with van der Waals surface area (Å²) in [4.78, 5) is 46.0. The monoisotopic (exact) mass is 330 g/mol. The largest absolute Gasteiger partial charge is 0.303 e. The van der Waals surface area contributed by atoms with Crippen molar-refractivity contribution in [2.75, 3.05) is 0 Å². The Labute approximate surface area is 143 Å². The number of hydrogen-bond acceptors (Lipinski definition) is 4. The van der Waals surface area contributed by atoms with Gasteiger partial charge in [0, 0.05) is 34.8 Å². The van der Waals surface area contributed by atoms with Crippen LogP contribution in [0.15, 0.2) is 24.3 Å². The summed E-state index contributed by atoms with van der Waals surface area (Å²) in [5, 5.41) is 0. The van der Waals surface area contributed by atoms with Gasteiger partial charge in [0.2, 0.25) is 0 Å². The molecular formula is C20H26O4. The highest BCUT2D eigenvalue weighted by Crippen LogP contribution is 2.22. The molecule has 0 radical (unpaired) electrons. The second-order valence-electron chi connectivity index (χ2n) is 7.64. The maximum Gasteiger partial charge on any atom is 0.162 e. The zero-order valence-electron chi connectivity index (χ0n) is 14.9. The quantitative estimate of drug-likeness (QED) is 0.479. The van der Waals surface area contributed by atoms with E-state index in [1.54, 1.807) is 52.0 Å². The Morgan fingerprint density at radius 3 is 1.29 bits per heavy atom. The van der Waals surface area contributed by atoms with Gasteiger partial charge < -0.3 is 9.59 Å². The summed E-state index contributed by atoms with van der Waals surface area (Å²) in [7, 11) is 0. The Balaban J connectivity index is 2.65. The number of rotatable bonds is 10. The second kappa shape index (κ2) is 8.13. The summed E-state index contributed by atoms with van der Waals surface area (Å²) in [6, 6.07) is 6.59. The molecule has 1 aromatic carbocycles. The van der Waals surface area contributed by atoms with Crippen LogP contribution in [-0.4, -0.2) is 24.1 Å². The van der Waals surface area contributed by atoms with Crippen LogP contribution in [0.4, 0.5) is 0 Å². The van der Waals surface area contributed by atoms with E-state index in [2.05, 4.69) is 0 Å². The molecule has 4 heteroatoms. The third kappa shape index (κ3) is 6.19. The van der Waals surface area contributed by atoms with Gasteiger partial charge in [-0.15, -0.1) is 0 Å². The first-order valence-corrected chi connectivity index (χ1v) is 8.19. The van der Waals surface area contributed by atoms with Crippen LogP contribution >= 0.6 is 0 Å². The first-order valence-electron chi connectivity index (χ1n) is 8.19. The fraction of sp³-hybridized carbons (Fsp3) is 0.500. The lowest BCUT2D eigenvalue weighted by atomic mass is 9.87. The molecule has 0 saturated heterocycles. The summed E-state index contributed by atoms with van der Waals surface area (Å²) in [6.07, 6.45) is 3.32. The molecule has 0 aromatic heterocycles. The van der Waals surface area contributed by atoms with Crippen LogP contribution in [0.25, 0.3) is 0 Å². The summed E-state index contributed by atoms with van der Waals surface area (Å²) in [6.45, 7) is 7.21. The molecule has 0 fully saturated rings. The normalized spacial score (nSPS) is 11.8. The molecule has 1 aromatic rings. The maximum absolute atomic E-state index is 12.1. The van der Waals surface area contributed by atoms with Crippen molar-refractivity contribution >= 4 is 24.1 Å². The molecule has 0 unspecified atom stereocenters. The van der Waals surface area contributed by atoms with E-state index in [0.29, 0.717) is 36.8 Å². The van der Waals surface area contributed by atoms with Crippen LogP contribution in [0.1, 0.15) is 74.1 Å². The van der Waals surface area contributed by atoms with E-state index in [1.165, 1.54) is 0 Å². The molecule has 0 aliphatic heterocycles. The molecule has 0 N–H and O–H groups in total. The topological polar surface area (TPSA) is 68.3 Å². The van der Waals surface area contributed by atoms with Crippen molar-refractivity contribution < 1.29 is 19.2 Å². The Morgan fingerprint density at radius 1 is 0.750 bits per heavy atom. The van der Waals surface area contributed by atoms with E-state index >= 15 is 0 Å². The molecule has 1 rings (SSSR count). The molecular weight excluding hydrogens is 304 g/mol. The third-order valence-electron chi connectivity index (χ3n) is 4.16. The minimum atomic E-state index is -0.503. The minimum absolute atomic E-state index is 0.0361. The van der Waals surface area contributed by atoms with Gasteiger partial charge in [-0.25, -0.2) is 0 Å². The van der Waals surface area contributed by atoms with Crippen LogP contribution in [0.2, 0.25) is 0 Å². The Kier molecular flexibility index (Phi) is 6.76. The lowest BCUT2D eigenvalue weighted by molar-refractivity contribution is -0.115. The average molecular weight is 330 g/mol. The number of Topliss-reactive ketones (excluding diaryl/α,β-unsaturated/α-hetero) is 2. The first-order chi connectivity index (χ1) is 11.1. The number of ketones is 2. The molecule has 0 heterocycles. The van der Waals surface area contributed by atoms with Crippen molar-refractivity contribution in [2.45, 2.75) is 53.4 Å². The van der Waals surface area contributed by atoms with Crippen molar-refractivity contribution in [1.82, 2.24) is 0 Å². The molecule has 0 saturated carbocycles. The molecule has 0 atom stereocenters. The van der Waals surface area contributed by atoms with E-state index in [0.717, 1.165) is 12.6 Å². The average Bonchev–Trinajstić information content (AvgIpc) is 2.58. The predicted octanol–water partition coefficient (Wildman–Crippen LogP) is 4.06. The SMILES string of the molecule is CC(C)(C=O)CCC(=O)c1ccc(C(=O)CCC(C)(C)C=O)cc1. The fourth-order valence-electron chi connectivity index (χ4n) is 2.12. The van der Waals surface area contributed by atoms with Gasteiger partial charge in [-0.1, -0.05) is 52.0 Å². The van der Waals surface area contributed by atoms with E-state index < -0.39 is 10.8 Å². The minimum Gasteiger partial charge on any atom is -0.303 e. The molecule has 130 valence electrons. The summed E-state index contributed by atoms with van der Waals surface area (Å²) < 4.78 is 0.